The molecule has 1 heterocycles. The van der Waals surface area contributed by atoms with Crippen LogP contribution in [0.2, 0.25) is 0 Å². The Hall–Kier alpha value is -1.48. The highest BCUT2D eigenvalue weighted by Gasteiger charge is 2.06. The first-order valence-corrected chi connectivity index (χ1v) is 5.20. The monoisotopic (exact) mass is 203 g/mol. The summed E-state index contributed by atoms with van der Waals surface area (Å²) in [5.74, 6) is 0.148. The summed E-state index contributed by atoms with van der Waals surface area (Å²) in [6.45, 7) is 0. The number of carbonyl (C=O) groups excluding carboxylic acids is 1. The van der Waals surface area contributed by atoms with Crippen molar-refractivity contribution in [1.29, 1.82) is 0 Å². The number of rotatable bonds is 3. The van der Waals surface area contributed by atoms with Crippen LogP contribution < -0.4 is 0 Å². The van der Waals surface area contributed by atoms with Crippen molar-refractivity contribution in [3.8, 4) is 0 Å². The van der Waals surface area contributed by atoms with Gasteiger partial charge in [-0.15, -0.1) is 11.3 Å². The zero-order chi connectivity index (χ0) is 9.80. The molecular weight excluding hydrogens is 194 g/mol. The quantitative estimate of drug-likeness (QED) is 0.717. The molecule has 0 N–H and O–H groups in total. The summed E-state index contributed by atoms with van der Waals surface area (Å²) in [6, 6.07) is 9.33. The molecule has 0 aliphatic carbocycles. The van der Waals surface area contributed by atoms with Gasteiger partial charge in [0.2, 0.25) is 0 Å². The number of aromatic nitrogens is 1. The van der Waals surface area contributed by atoms with Crippen LogP contribution in [0.5, 0.6) is 0 Å². The van der Waals surface area contributed by atoms with Crippen molar-refractivity contribution in [2.75, 3.05) is 0 Å². The maximum absolute atomic E-state index is 11.7. The molecule has 1 aromatic carbocycles. The molecule has 14 heavy (non-hydrogen) atoms. The summed E-state index contributed by atoms with van der Waals surface area (Å²) in [5, 5.41) is 0. The Bertz CT molecular complexity index is 408. The molecule has 0 saturated carbocycles. The van der Waals surface area contributed by atoms with E-state index in [0.29, 0.717) is 6.42 Å². The Morgan fingerprint density at radius 3 is 2.71 bits per heavy atom. The van der Waals surface area contributed by atoms with E-state index in [-0.39, 0.29) is 5.78 Å². The standard InChI is InChI=1S/C11H9NOS/c13-11(6-10-7-12-8-14-10)9-4-2-1-3-5-9/h1-5,7-8H,6H2. The summed E-state index contributed by atoms with van der Waals surface area (Å²) < 4.78 is 0. The second-order valence-corrected chi connectivity index (χ2v) is 3.90. The summed E-state index contributed by atoms with van der Waals surface area (Å²) in [4.78, 5) is 16.6. The fourth-order valence-electron chi connectivity index (χ4n) is 1.21. The molecule has 0 atom stereocenters. The molecule has 0 amide bonds. The van der Waals surface area contributed by atoms with Crippen LogP contribution in [0, 0.1) is 0 Å². The fraction of sp³-hybridized carbons (Fsp3) is 0.0909. The first kappa shape index (κ1) is 9.09. The van der Waals surface area contributed by atoms with Gasteiger partial charge in [-0.05, 0) is 0 Å². The Kier molecular flexibility index (Phi) is 2.70. The van der Waals surface area contributed by atoms with Crippen LogP contribution in [-0.4, -0.2) is 10.8 Å². The van der Waals surface area contributed by atoms with Gasteiger partial charge in [0.15, 0.2) is 5.78 Å². The third-order valence-corrected chi connectivity index (χ3v) is 2.69. The van der Waals surface area contributed by atoms with Crippen LogP contribution in [0.25, 0.3) is 0 Å². The largest absolute Gasteiger partial charge is 0.294 e. The van der Waals surface area contributed by atoms with Crippen LogP contribution in [0.4, 0.5) is 0 Å². The number of carbonyl (C=O) groups is 1. The Morgan fingerprint density at radius 1 is 1.29 bits per heavy atom. The summed E-state index contributed by atoms with van der Waals surface area (Å²) in [5.41, 5.74) is 2.51. The highest BCUT2D eigenvalue weighted by Crippen LogP contribution is 2.10. The SMILES string of the molecule is O=C(Cc1cncs1)c1ccccc1. The fourth-order valence-corrected chi connectivity index (χ4v) is 1.81. The number of nitrogens with zero attached hydrogens (tertiary/aromatic N) is 1. The molecule has 0 aliphatic rings. The summed E-state index contributed by atoms with van der Waals surface area (Å²) in [6.07, 6.45) is 2.19. The molecular formula is C11H9NOS. The minimum Gasteiger partial charge on any atom is -0.294 e. The first-order valence-electron chi connectivity index (χ1n) is 4.32. The van der Waals surface area contributed by atoms with Crippen molar-refractivity contribution in [1.82, 2.24) is 4.98 Å². The molecule has 0 aliphatic heterocycles. The van der Waals surface area contributed by atoms with E-state index in [1.165, 1.54) is 11.3 Å². The molecule has 0 spiro atoms. The van der Waals surface area contributed by atoms with E-state index in [1.807, 2.05) is 30.3 Å². The Labute approximate surface area is 86.2 Å². The highest BCUT2D eigenvalue weighted by molar-refractivity contribution is 7.09. The molecule has 0 radical (unpaired) electrons. The minimum absolute atomic E-state index is 0.148. The molecule has 0 fully saturated rings. The average molecular weight is 203 g/mol. The van der Waals surface area contributed by atoms with E-state index >= 15 is 0 Å². The molecule has 0 unspecified atom stereocenters. The van der Waals surface area contributed by atoms with Crippen molar-refractivity contribution in [2.24, 2.45) is 0 Å². The van der Waals surface area contributed by atoms with Crippen molar-refractivity contribution in [3.05, 3.63) is 52.5 Å². The van der Waals surface area contributed by atoms with Crippen molar-refractivity contribution < 1.29 is 4.79 Å². The van der Waals surface area contributed by atoms with Gasteiger partial charge in [0, 0.05) is 23.1 Å². The van der Waals surface area contributed by atoms with Gasteiger partial charge in [-0.2, -0.15) is 0 Å². The second kappa shape index (κ2) is 4.15. The van der Waals surface area contributed by atoms with Gasteiger partial charge >= 0.3 is 0 Å². The smallest absolute Gasteiger partial charge is 0.168 e. The van der Waals surface area contributed by atoms with Gasteiger partial charge in [-0.3, -0.25) is 9.78 Å². The number of hydrogen-bond donors (Lipinski definition) is 0. The molecule has 0 saturated heterocycles. The normalized spacial score (nSPS) is 10.0. The van der Waals surface area contributed by atoms with E-state index < -0.39 is 0 Å². The van der Waals surface area contributed by atoms with Gasteiger partial charge in [-0.1, -0.05) is 30.3 Å². The van der Waals surface area contributed by atoms with E-state index in [9.17, 15) is 4.79 Å². The van der Waals surface area contributed by atoms with Crippen molar-refractivity contribution in [3.63, 3.8) is 0 Å². The average Bonchev–Trinajstić information content (AvgIpc) is 2.72. The Balaban J connectivity index is 2.11. The lowest BCUT2D eigenvalue weighted by molar-refractivity contribution is 0.0994. The minimum atomic E-state index is 0.148. The molecule has 2 aromatic rings. The number of thiazole rings is 1. The molecule has 0 bridgehead atoms. The number of hydrogen-bond acceptors (Lipinski definition) is 3. The maximum atomic E-state index is 11.7. The van der Waals surface area contributed by atoms with Crippen molar-refractivity contribution in [2.45, 2.75) is 6.42 Å². The van der Waals surface area contributed by atoms with Gasteiger partial charge in [0.25, 0.3) is 0 Å². The molecule has 1 aromatic heterocycles. The molecule has 3 heteroatoms. The summed E-state index contributed by atoms with van der Waals surface area (Å²) in [7, 11) is 0. The van der Waals surface area contributed by atoms with Crippen LogP contribution in [0.15, 0.2) is 42.0 Å². The topological polar surface area (TPSA) is 30.0 Å². The zero-order valence-corrected chi connectivity index (χ0v) is 8.33. The van der Waals surface area contributed by atoms with E-state index in [2.05, 4.69) is 4.98 Å². The van der Waals surface area contributed by atoms with Gasteiger partial charge in [-0.25, -0.2) is 0 Å². The number of ketones is 1. The lowest BCUT2D eigenvalue weighted by atomic mass is 10.1. The van der Waals surface area contributed by atoms with E-state index in [0.717, 1.165) is 10.4 Å². The lowest BCUT2D eigenvalue weighted by Crippen LogP contribution is -2.01. The van der Waals surface area contributed by atoms with Crippen molar-refractivity contribution >= 4 is 17.1 Å². The van der Waals surface area contributed by atoms with E-state index in [1.54, 1.807) is 11.7 Å². The van der Waals surface area contributed by atoms with E-state index in [4.69, 9.17) is 0 Å². The molecule has 70 valence electrons. The predicted molar refractivity (Wildman–Crippen MR) is 56.6 cm³/mol. The lowest BCUT2D eigenvalue weighted by Gasteiger charge is -1.97. The van der Waals surface area contributed by atoms with Gasteiger partial charge < -0.3 is 0 Å². The zero-order valence-electron chi connectivity index (χ0n) is 7.51. The predicted octanol–water partition coefficient (Wildman–Crippen LogP) is 2.57. The number of Topliss-reactive ketones (excluding diaryl/α,β-unsaturated/α-hetero) is 1. The Morgan fingerprint density at radius 2 is 2.07 bits per heavy atom. The van der Waals surface area contributed by atoms with Gasteiger partial charge in [0.05, 0.1) is 5.51 Å². The molecule has 2 nitrogen and oxygen atoms in total. The van der Waals surface area contributed by atoms with Gasteiger partial charge in [0.1, 0.15) is 0 Å². The van der Waals surface area contributed by atoms with Crippen LogP contribution >= 0.6 is 11.3 Å². The van der Waals surface area contributed by atoms with Crippen LogP contribution in [0.1, 0.15) is 15.2 Å². The van der Waals surface area contributed by atoms with Crippen LogP contribution in [0.3, 0.4) is 0 Å². The number of benzene rings is 1. The molecule has 2 rings (SSSR count). The first-order chi connectivity index (χ1) is 6.86. The van der Waals surface area contributed by atoms with Crippen LogP contribution in [-0.2, 0) is 6.42 Å². The third-order valence-electron chi connectivity index (χ3n) is 1.91. The second-order valence-electron chi connectivity index (χ2n) is 2.93. The summed E-state index contributed by atoms with van der Waals surface area (Å²) >= 11 is 1.51. The maximum Gasteiger partial charge on any atom is 0.168 e. The highest BCUT2D eigenvalue weighted by atomic mass is 32.1. The third kappa shape index (κ3) is 2.06.